The molecule has 0 bridgehead atoms. The molecule has 6 atom stereocenters. The summed E-state index contributed by atoms with van der Waals surface area (Å²) in [6.45, 7) is 9.43. The van der Waals surface area contributed by atoms with Gasteiger partial charge in [-0.05, 0) is 134 Å². The minimum Gasteiger partial charge on any atom is -0.392 e. The Balaban J connectivity index is 1.99. The summed E-state index contributed by atoms with van der Waals surface area (Å²) in [7, 11) is -4.07. The maximum Gasteiger partial charge on any atom is 0.285 e. The number of nitrogens with one attached hydrogen (secondary N) is 8. The van der Waals surface area contributed by atoms with E-state index in [-0.39, 0.29) is 86.1 Å². The molecule has 95 heavy (non-hydrogen) atoms. The molecule has 1 saturated heterocycles. The summed E-state index contributed by atoms with van der Waals surface area (Å²) in [6.07, 6.45) is 36.4. The van der Waals surface area contributed by atoms with E-state index in [1.807, 2.05) is 6.92 Å². The SMILES string of the molecule is CCCCCCCCCCCCCCCC(=O)NCCCCC(NC(=O)CCCCCCCCCCCCCCC)C(=O)NC(CCCCN)C(=O)NC(CCCCN)C(=O)NC(CCCCNC(=O)CCC(=O)Nc1ccc(S(=O)(=O)N=C2ONC(C)C2C)cc1)C(N)=O. The third-order valence-electron chi connectivity index (χ3n) is 17.7. The third kappa shape index (κ3) is 41.9. The fourth-order valence-corrected chi connectivity index (χ4v) is 12.4. The molecule has 1 aliphatic heterocycles. The number of primary amides is 1. The number of hydrogen-bond donors (Lipinski definition) is 11. The normalized spacial score (nSPS) is 15.5. The van der Waals surface area contributed by atoms with E-state index < -0.39 is 69.6 Å². The number of nitrogens with two attached hydrogens (primary N) is 3. The number of hydroxylamine groups is 1. The first kappa shape index (κ1) is 85.4. The van der Waals surface area contributed by atoms with Crippen LogP contribution in [-0.2, 0) is 53.2 Å². The molecule has 23 nitrogen and oxygen atoms in total. The molecule has 6 unspecified atom stereocenters. The van der Waals surface area contributed by atoms with Gasteiger partial charge < -0.3 is 59.3 Å². The molecule has 8 amide bonds. The van der Waals surface area contributed by atoms with E-state index >= 15 is 0 Å². The summed E-state index contributed by atoms with van der Waals surface area (Å²) in [5.74, 6) is -3.91. The van der Waals surface area contributed by atoms with Crippen LogP contribution in [0.2, 0.25) is 0 Å². The standard InChI is InChI=1S/C71H128N12O11S/c1-5-7-9-11-13-15-17-19-21-23-25-27-29-43-63(84)75-53-38-34-42-60(78-65(86)44-30-28-26-24-22-20-18-16-14-12-10-8-6-2)68(89)80-62(41-32-36-52-73)70(91)81-61(40-31-35-51-72)69(90)79-59(67(74)88)39-33-37-54-76-64(85)49-50-66(87)77-57-45-47-58(48-46-57)95(92,93)83-71-55(3)56(4)82-94-71/h45-48,55-56,59-62,82H,5-44,49-54,72-73H2,1-4H3,(H2,74,88)(H,75,84)(H,76,85)(H,77,87)(H,78,86)(H,79,90)(H,80,89)(H,81,91). The monoisotopic (exact) mass is 1360 g/mol. The summed E-state index contributed by atoms with van der Waals surface area (Å²) in [4.78, 5) is 112. The zero-order chi connectivity index (χ0) is 69.7. The van der Waals surface area contributed by atoms with Gasteiger partial charge in [-0.1, -0.05) is 175 Å². The van der Waals surface area contributed by atoms with Crippen LogP contribution in [0.5, 0.6) is 0 Å². The minimum atomic E-state index is -4.07. The average molecular weight is 1360 g/mol. The largest absolute Gasteiger partial charge is 0.392 e. The lowest BCUT2D eigenvalue weighted by atomic mass is 10.0. The van der Waals surface area contributed by atoms with Crippen molar-refractivity contribution in [2.24, 2.45) is 27.5 Å². The summed E-state index contributed by atoms with van der Waals surface area (Å²) >= 11 is 0. The lowest BCUT2D eigenvalue weighted by Gasteiger charge is -2.26. The van der Waals surface area contributed by atoms with E-state index in [0.717, 1.165) is 38.5 Å². The number of nitrogens with zero attached hydrogens (tertiary/aromatic N) is 1. The molecule has 1 aromatic carbocycles. The topological polar surface area (TPSA) is 367 Å². The Kier molecular flexibility index (Phi) is 48.8. The van der Waals surface area contributed by atoms with Crippen molar-refractivity contribution >= 4 is 68.9 Å². The van der Waals surface area contributed by atoms with Crippen molar-refractivity contribution in [1.29, 1.82) is 0 Å². The molecule has 2 rings (SSSR count). The fourth-order valence-electron chi connectivity index (χ4n) is 11.3. The number of carbonyl (C=O) groups excluding carboxylic acids is 8. The maximum atomic E-state index is 14.3. The smallest absolute Gasteiger partial charge is 0.285 e. The first-order valence-electron chi connectivity index (χ1n) is 37.0. The molecule has 0 aliphatic carbocycles. The Bertz CT molecular complexity index is 2450. The highest BCUT2D eigenvalue weighted by Gasteiger charge is 2.32. The molecule has 0 spiro atoms. The highest BCUT2D eigenvalue weighted by atomic mass is 32.2. The maximum absolute atomic E-state index is 14.3. The quantitative estimate of drug-likeness (QED) is 0.0270. The minimum absolute atomic E-state index is 0.00384. The number of amides is 8. The van der Waals surface area contributed by atoms with Gasteiger partial charge in [0.25, 0.3) is 10.0 Å². The van der Waals surface area contributed by atoms with Crippen LogP contribution in [0.15, 0.2) is 33.6 Å². The summed E-state index contributed by atoms with van der Waals surface area (Å²) in [6, 6.07) is 1.04. The molecule has 0 saturated carbocycles. The van der Waals surface area contributed by atoms with Crippen molar-refractivity contribution in [1.82, 2.24) is 37.4 Å². The van der Waals surface area contributed by atoms with Gasteiger partial charge in [-0.25, -0.2) is 0 Å². The fraction of sp³-hybridized carbons (Fsp3) is 0.789. The molecule has 14 N–H and O–H groups in total. The molecule has 1 aromatic rings. The molecule has 24 heteroatoms. The zero-order valence-corrected chi connectivity index (χ0v) is 59.7. The van der Waals surface area contributed by atoms with Crippen LogP contribution in [0.3, 0.4) is 0 Å². The van der Waals surface area contributed by atoms with Gasteiger partial charge in [0.2, 0.25) is 53.2 Å². The Labute approximate surface area is 571 Å². The summed E-state index contributed by atoms with van der Waals surface area (Å²) in [5.41, 5.74) is 20.5. The van der Waals surface area contributed by atoms with Crippen molar-refractivity contribution in [3.05, 3.63) is 24.3 Å². The van der Waals surface area contributed by atoms with Crippen molar-refractivity contribution in [3.8, 4) is 0 Å². The Morgan fingerprint density at radius 1 is 0.453 bits per heavy atom. The van der Waals surface area contributed by atoms with E-state index in [0.29, 0.717) is 89.5 Å². The zero-order valence-electron chi connectivity index (χ0n) is 58.9. The van der Waals surface area contributed by atoms with Gasteiger partial charge in [-0.2, -0.15) is 13.9 Å². The van der Waals surface area contributed by atoms with Gasteiger partial charge in [0.1, 0.15) is 24.2 Å². The third-order valence-corrected chi connectivity index (χ3v) is 19.0. The van der Waals surface area contributed by atoms with Crippen LogP contribution in [0.25, 0.3) is 0 Å². The predicted octanol–water partition coefficient (Wildman–Crippen LogP) is 10.3. The Morgan fingerprint density at radius 3 is 1.21 bits per heavy atom. The number of rotatable bonds is 60. The van der Waals surface area contributed by atoms with Crippen LogP contribution < -0.4 is 59.9 Å². The van der Waals surface area contributed by atoms with Crippen LogP contribution in [0.1, 0.15) is 297 Å². The van der Waals surface area contributed by atoms with Gasteiger partial charge >= 0.3 is 0 Å². The second kappa shape index (κ2) is 54.3. The van der Waals surface area contributed by atoms with E-state index in [2.05, 4.69) is 60.9 Å². The van der Waals surface area contributed by atoms with Crippen LogP contribution >= 0.6 is 0 Å². The van der Waals surface area contributed by atoms with Gasteiger partial charge in [-0.3, -0.25) is 38.4 Å². The van der Waals surface area contributed by atoms with E-state index in [1.165, 1.54) is 146 Å². The van der Waals surface area contributed by atoms with E-state index in [9.17, 15) is 46.8 Å². The Hall–Kier alpha value is -5.72. The number of anilines is 1. The van der Waals surface area contributed by atoms with Gasteiger partial charge in [0.15, 0.2) is 0 Å². The van der Waals surface area contributed by atoms with Gasteiger partial charge in [0.05, 0.1) is 16.9 Å². The van der Waals surface area contributed by atoms with E-state index in [4.69, 9.17) is 22.0 Å². The Morgan fingerprint density at radius 2 is 0.811 bits per heavy atom. The van der Waals surface area contributed by atoms with Crippen molar-refractivity contribution in [2.75, 3.05) is 31.5 Å². The number of benzene rings is 1. The lowest BCUT2D eigenvalue weighted by molar-refractivity contribution is -0.134. The first-order valence-corrected chi connectivity index (χ1v) is 38.4. The van der Waals surface area contributed by atoms with Crippen molar-refractivity contribution in [3.63, 3.8) is 0 Å². The van der Waals surface area contributed by atoms with E-state index in [1.54, 1.807) is 6.92 Å². The second-order valence-electron chi connectivity index (χ2n) is 26.2. The summed E-state index contributed by atoms with van der Waals surface area (Å²) in [5, 5.41) is 19.8. The highest BCUT2D eigenvalue weighted by molar-refractivity contribution is 7.90. The molecule has 1 aliphatic rings. The molecule has 1 heterocycles. The number of unbranched alkanes of at least 4 members (excludes halogenated alkanes) is 28. The number of sulfonamides is 1. The second-order valence-corrected chi connectivity index (χ2v) is 27.8. The molecule has 1 fully saturated rings. The van der Waals surface area contributed by atoms with Crippen LogP contribution in [0, 0.1) is 5.92 Å². The first-order chi connectivity index (χ1) is 45.8. The highest BCUT2D eigenvalue weighted by Crippen LogP contribution is 2.22. The van der Waals surface area contributed by atoms with Gasteiger partial charge in [-0.15, -0.1) is 4.40 Å². The molecule has 544 valence electrons. The summed E-state index contributed by atoms with van der Waals surface area (Å²) < 4.78 is 29.5. The predicted molar refractivity (Wildman–Crippen MR) is 379 cm³/mol. The van der Waals surface area contributed by atoms with Gasteiger partial charge in [0, 0.05) is 44.5 Å². The van der Waals surface area contributed by atoms with Crippen LogP contribution in [-0.4, -0.2) is 118 Å². The average Bonchev–Trinajstić information content (AvgIpc) is 1.81. The van der Waals surface area contributed by atoms with Crippen LogP contribution in [0.4, 0.5) is 5.69 Å². The van der Waals surface area contributed by atoms with Crippen molar-refractivity contribution < 1.29 is 51.6 Å². The lowest BCUT2D eigenvalue weighted by Crippen LogP contribution is -2.58. The molecular weight excluding hydrogens is 1230 g/mol. The molecule has 0 radical (unpaired) electrons. The molecular formula is C71H128N12O11S. The van der Waals surface area contributed by atoms with Crippen molar-refractivity contribution in [2.45, 2.75) is 332 Å². The number of carbonyl (C=O) groups is 8. The molecule has 0 aromatic heterocycles. The number of hydrogen-bond acceptors (Lipinski definition) is 14.